The van der Waals surface area contributed by atoms with Gasteiger partial charge in [-0.15, -0.1) is 11.3 Å². The zero-order chi connectivity index (χ0) is 17.2. The third-order valence-electron chi connectivity index (χ3n) is 3.63. The van der Waals surface area contributed by atoms with Gasteiger partial charge in [-0.05, 0) is 37.0 Å². The summed E-state index contributed by atoms with van der Waals surface area (Å²) in [5.41, 5.74) is 1.02. The van der Waals surface area contributed by atoms with Crippen LogP contribution in [0.2, 0.25) is 0 Å². The summed E-state index contributed by atoms with van der Waals surface area (Å²) in [6.45, 7) is 3.75. The fourth-order valence-corrected chi connectivity index (χ4v) is 3.19. The molecule has 0 aliphatic heterocycles. The standard InChI is InChI=1S/C18H25FN4S/c1-3-16-13-23-17(24-16)9-11-22-18(20-2)21-10-5-7-14-6-4-8-15(19)12-14/h4,6,8,12-13H,3,5,7,9-11H2,1-2H3,(H2,20,21,22). The second-order valence-electron chi connectivity index (χ2n) is 5.48. The van der Waals surface area contributed by atoms with Crippen LogP contribution in [0.1, 0.15) is 28.8 Å². The van der Waals surface area contributed by atoms with Gasteiger partial charge in [0.1, 0.15) is 5.82 Å². The number of aromatic nitrogens is 1. The minimum atomic E-state index is -0.175. The first-order valence-corrected chi connectivity index (χ1v) is 9.15. The summed E-state index contributed by atoms with van der Waals surface area (Å²) in [5, 5.41) is 7.74. The molecular weight excluding hydrogens is 323 g/mol. The first kappa shape index (κ1) is 18.4. The molecule has 0 unspecified atom stereocenters. The molecule has 0 atom stereocenters. The number of nitrogens with zero attached hydrogens (tertiary/aromatic N) is 2. The minimum Gasteiger partial charge on any atom is -0.356 e. The lowest BCUT2D eigenvalue weighted by Gasteiger charge is -2.11. The number of rotatable bonds is 8. The van der Waals surface area contributed by atoms with Crippen LogP contribution in [0.5, 0.6) is 0 Å². The second-order valence-corrected chi connectivity index (χ2v) is 6.68. The maximum absolute atomic E-state index is 13.1. The molecule has 0 saturated heterocycles. The highest BCUT2D eigenvalue weighted by molar-refractivity contribution is 7.11. The van der Waals surface area contributed by atoms with Crippen molar-refractivity contribution in [1.82, 2.24) is 15.6 Å². The summed E-state index contributed by atoms with van der Waals surface area (Å²) in [7, 11) is 1.76. The SMILES string of the molecule is CCc1cnc(CCNC(=NC)NCCCc2cccc(F)c2)s1. The molecule has 0 aliphatic rings. The quantitative estimate of drug-likeness (QED) is 0.438. The van der Waals surface area contributed by atoms with Crippen LogP contribution in [0.25, 0.3) is 0 Å². The summed E-state index contributed by atoms with van der Waals surface area (Å²) in [6, 6.07) is 6.76. The Kier molecular flexibility index (Phi) is 7.68. The van der Waals surface area contributed by atoms with Crippen molar-refractivity contribution >= 4 is 17.3 Å². The van der Waals surface area contributed by atoms with Crippen molar-refractivity contribution in [3.05, 3.63) is 51.7 Å². The van der Waals surface area contributed by atoms with Crippen molar-refractivity contribution in [2.24, 2.45) is 4.99 Å². The van der Waals surface area contributed by atoms with Gasteiger partial charge in [-0.1, -0.05) is 19.1 Å². The fourth-order valence-electron chi connectivity index (χ4n) is 2.33. The topological polar surface area (TPSA) is 49.3 Å². The van der Waals surface area contributed by atoms with E-state index in [1.54, 1.807) is 30.5 Å². The highest BCUT2D eigenvalue weighted by Gasteiger charge is 2.02. The number of aliphatic imine (C=N–C) groups is 1. The highest BCUT2D eigenvalue weighted by Crippen LogP contribution is 2.13. The van der Waals surface area contributed by atoms with E-state index >= 15 is 0 Å². The van der Waals surface area contributed by atoms with E-state index in [1.807, 2.05) is 12.3 Å². The molecule has 0 spiro atoms. The molecule has 2 N–H and O–H groups in total. The van der Waals surface area contributed by atoms with Crippen molar-refractivity contribution in [3.63, 3.8) is 0 Å². The van der Waals surface area contributed by atoms with Gasteiger partial charge in [0.25, 0.3) is 0 Å². The number of nitrogens with one attached hydrogen (secondary N) is 2. The Hall–Kier alpha value is -1.95. The predicted molar refractivity (Wildman–Crippen MR) is 99.3 cm³/mol. The fraction of sp³-hybridized carbons (Fsp3) is 0.444. The zero-order valence-electron chi connectivity index (χ0n) is 14.3. The summed E-state index contributed by atoms with van der Waals surface area (Å²) < 4.78 is 13.1. The molecule has 24 heavy (non-hydrogen) atoms. The number of guanidine groups is 1. The van der Waals surface area contributed by atoms with Crippen LogP contribution >= 0.6 is 11.3 Å². The van der Waals surface area contributed by atoms with Crippen LogP contribution in [-0.2, 0) is 19.3 Å². The highest BCUT2D eigenvalue weighted by atomic mass is 32.1. The van der Waals surface area contributed by atoms with E-state index in [4.69, 9.17) is 0 Å². The van der Waals surface area contributed by atoms with E-state index < -0.39 is 0 Å². The number of aryl methyl sites for hydroxylation is 2. The summed E-state index contributed by atoms with van der Waals surface area (Å²) in [5.74, 6) is 0.618. The molecule has 0 aliphatic carbocycles. The minimum absolute atomic E-state index is 0.175. The number of hydrogen-bond acceptors (Lipinski definition) is 3. The van der Waals surface area contributed by atoms with Gasteiger partial charge >= 0.3 is 0 Å². The van der Waals surface area contributed by atoms with E-state index in [9.17, 15) is 4.39 Å². The first-order valence-electron chi connectivity index (χ1n) is 8.33. The Labute approximate surface area is 147 Å². The van der Waals surface area contributed by atoms with Crippen LogP contribution in [0, 0.1) is 5.82 Å². The number of hydrogen-bond donors (Lipinski definition) is 2. The van der Waals surface area contributed by atoms with E-state index in [0.29, 0.717) is 0 Å². The lowest BCUT2D eigenvalue weighted by molar-refractivity contribution is 0.624. The second kappa shape index (κ2) is 10.0. The zero-order valence-corrected chi connectivity index (χ0v) is 15.1. The Morgan fingerprint density at radius 2 is 2.08 bits per heavy atom. The normalized spacial score (nSPS) is 11.5. The molecule has 130 valence electrons. The van der Waals surface area contributed by atoms with E-state index in [0.717, 1.165) is 55.3 Å². The van der Waals surface area contributed by atoms with Gasteiger partial charge in [-0.25, -0.2) is 9.37 Å². The smallest absolute Gasteiger partial charge is 0.190 e. The molecule has 4 nitrogen and oxygen atoms in total. The van der Waals surface area contributed by atoms with Crippen molar-refractivity contribution in [1.29, 1.82) is 0 Å². The van der Waals surface area contributed by atoms with Gasteiger partial charge in [0.15, 0.2) is 5.96 Å². The van der Waals surface area contributed by atoms with Gasteiger partial charge in [0, 0.05) is 37.6 Å². The summed E-state index contributed by atoms with van der Waals surface area (Å²) in [4.78, 5) is 9.95. The molecule has 0 amide bonds. The van der Waals surface area contributed by atoms with Crippen LogP contribution in [0.4, 0.5) is 4.39 Å². The average Bonchev–Trinajstić information content (AvgIpc) is 3.05. The molecule has 2 aromatic rings. The van der Waals surface area contributed by atoms with Crippen molar-refractivity contribution in [3.8, 4) is 0 Å². The molecule has 0 bridgehead atoms. The monoisotopic (exact) mass is 348 g/mol. The molecule has 2 rings (SSSR count). The van der Waals surface area contributed by atoms with E-state index in [1.165, 1.54) is 10.9 Å². The Bertz CT molecular complexity index is 654. The Morgan fingerprint density at radius 3 is 2.79 bits per heavy atom. The van der Waals surface area contributed by atoms with Gasteiger partial charge in [0.2, 0.25) is 0 Å². The van der Waals surface area contributed by atoms with Gasteiger partial charge in [-0.2, -0.15) is 0 Å². The van der Waals surface area contributed by atoms with Gasteiger partial charge in [0.05, 0.1) is 5.01 Å². The maximum Gasteiger partial charge on any atom is 0.190 e. The average molecular weight is 348 g/mol. The van der Waals surface area contributed by atoms with Crippen LogP contribution in [0.3, 0.4) is 0 Å². The molecule has 0 fully saturated rings. The third-order valence-corrected chi connectivity index (χ3v) is 4.83. The van der Waals surface area contributed by atoms with Gasteiger partial charge in [-0.3, -0.25) is 4.99 Å². The molecule has 1 aromatic carbocycles. The maximum atomic E-state index is 13.1. The molecular formula is C18H25FN4S. The van der Waals surface area contributed by atoms with Crippen molar-refractivity contribution < 1.29 is 4.39 Å². The first-order chi connectivity index (χ1) is 11.7. The van der Waals surface area contributed by atoms with Crippen LogP contribution in [0.15, 0.2) is 35.5 Å². The molecule has 0 radical (unpaired) electrons. The van der Waals surface area contributed by atoms with Crippen molar-refractivity contribution in [2.75, 3.05) is 20.1 Å². The lowest BCUT2D eigenvalue weighted by atomic mass is 10.1. The number of halogens is 1. The number of benzene rings is 1. The molecule has 1 aromatic heterocycles. The van der Waals surface area contributed by atoms with E-state index in [-0.39, 0.29) is 5.82 Å². The van der Waals surface area contributed by atoms with Crippen LogP contribution < -0.4 is 10.6 Å². The van der Waals surface area contributed by atoms with Crippen LogP contribution in [-0.4, -0.2) is 31.1 Å². The molecule has 0 saturated carbocycles. The Balaban J connectivity index is 1.63. The Morgan fingerprint density at radius 1 is 1.25 bits per heavy atom. The van der Waals surface area contributed by atoms with E-state index in [2.05, 4.69) is 27.5 Å². The van der Waals surface area contributed by atoms with Gasteiger partial charge < -0.3 is 10.6 Å². The van der Waals surface area contributed by atoms with Crippen molar-refractivity contribution in [2.45, 2.75) is 32.6 Å². The molecule has 6 heteroatoms. The lowest BCUT2D eigenvalue weighted by Crippen LogP contribution is -2.38. The summed E-state index contributed by atoms with van der Waals surface area (Å²) in [6.07, 6.45) is 5.67. The largest absolute Gasteiger partial charge is 0.356 e. The third kappa shape index (κ3) is 6.28. The predicted octanol–water partition coefficient (Wildman–Crippen LogP) is 3.18. The number of thiazole rings is 1. The molecule has 1 heterocycles. The summed E-state index contributed by atoms with van der Waals surface area (Å²) >= 11 is 1.77.